The fraction of sp³-hybridized carbons (Fsp3) is 0.217. The van der Waals surface area contributed by atoms with Gasteiger partial charge >= 0.3 is 0 Å². The molecule has 0 bridgehead atoms. The third-order valence-electron chi connectivity index (χ3n) is 4.58. The van der Waals surface area contributed by atoms with Gasteiger partial charge in [0.25, 0.3) is 0 Å². The highest BCUT2D eigenvalue weighted by Gasteiger charge is 2.14. The van der Waals surface area contributed by atoms with E-state index in [1.165, 1.54) is 11.1 Å². The molecule has 1 heterocycles. The maximum atomic E-state index is 11.1. The SMILES string of the molecule is CC/C=C(/CC)c1ccc(-c2cc(C(O)C=O)c3ccccc3n2)cc1. The molecule has 3 nitrogen and oxygen atoms in total. The van der Waals surface area contributed by atoms with Gasteiger partial charge in [0.05, 0.1) is 11.2 Å². The summed E-state index contributed by atoms with van der Waals surface area (Å²) in [5.74, 6) is 0. The first-order chi connectivity index (χ1) is 12.7. The van der Waals surface area contributed by atoms with Crippen molar-refractivity contribution in [3.63, 3.8) is 0 Å². The fourth-order valence-corrected chi connectivity index (χ4v) is 3.24. The molecule has 132 valence electrons. The zero-order valence-electron chi connectivity index (χ0n) is 15.1. The predicted octanol–water partition coefficient (Wildman–Crippen LogP) is 5.34. The lowest BCUT2D eigenvalue weighted by Gasteiger charge is -2.12. The van der Waals surface area contributed by atoms with Crippen molar-refractivity contribution in [2.45, 2.75) is 32.8 Å². The van der Waals surface area contributed by atoms with Crippen LogP contribution in [0.4, 0.5) is 0 Å². The summed E-state index contributed by atoms with van der Waals surface area (Å²) in [6.45, 7) is 4.30. The van der Waals surface area contributed by atoms with Gasteiger partial charge in [-0.05, 0) is 41.7 Å². The lowest BCUT2D eigenvalue weighted by molar-refractivity contribution is -0.115. The summed E-state index contributed by atoms with van der Waals surface area (Å²) in [6.07, 6.45) is 3.67. The van der Waals surface area contributed by atoms with Crippen LogP contribution in [0.5, 0.6) is 0 Å². The lowest BCUT2D eigenvalue weighted by atomic mass is 9.98. The highest BCUT2D eigenvalue weighted by atomic mass is 16.3. The molecule has 3 rings (SSSR count). The number of hydrogen-bond donors (Lipinski definition) is 1. The second-order valence-corrected chi connectivity index (χ2v) is 6.26. The number of benzene rings is 2. The number of allylic oxidation sites excluding steroid dienone is 2. The fourth-order valence-electron chi connectivity index (χ4n) is 3.24. The van der Waals surface area contributed by atoms with E-state index in [9.17, 15) is 9.90 Å². The van der Waals surface area contributed by atoms with Crippen molar-refractivity contribution < 1.29 is 9.90 Å². The van der Waals surface area contributed by atoms with Gasteiger partial charge in [0, 0.05) is 10.9 Å². The highest BCUT2D eigenvalue weighted by molar-refractivity contribution is 5.88. The average molecular weight is 345 g/mol. The zero-order chi connectivity index (χ0) is 18.5. The van der Waals surface area contributed by atoms with Crippen molar-refractivity contribution in [3.8, 4) is 11.3 Å². The molecule has 0 saturated carbocycles. The van der Waals surface area contributed by atoms with Gasteiger partial charge in [-0.1, -0.05) is 62.4 Å². The summed E-state index contributed by atoms with van der Waals surface area (Å²) in [7, 11) is 0. The number of aliphatic hydroxyl groups excluding tert-OH is 1. The Morgan fingerprint density at radius 2 is 1.85 bits per heavy atom. The van der Waals surface area contributed by atoms with Crippen molar-refractivity contribution in [1.29, 1.82) is 0 Å². The average Bonchev–Trinajstić information content (AvgIpc) is 2.70. The van der Waals surface area contributed by atoms with Crippen LogP contribution in [-0.4, -0.2) is 16.4 Å². The summed E-state index contributed by atoms with van der Waals surface area (Å²) in [6, 6.07) is 17.7. The number of rotatable bonds is 6. The Kier molecular flexibility index (Phi) is 5.59. The Morgan fingerprint density at radius 3 is 2.50 bits per heavy atom. The van der Waals surface area contributed by atoms with Crippen LogP contribution in [0, 0.1) is 0 Å². The van der Waals surface area contributed by atoms with Crippen molar-refractivity contribution >= 4 is 22.8 Å². The van der Waals surface area contributed by atoms with E-state index in [4.69, 9.17) is 4.98 Å². The number of hydrogen-bond acceptors (Lipinski definition) is 3. The minimum Gasteiger partial charge on any atom is -0.381 e. The van der Waals surface area contributed by atoms with Crippen LogP contribution in [0.1, 0.15) is 43.9 Å². The molecule has 1 atom stereocenters. The van der Waals surface area contributed by atoms with Gasteiger partial charge in [-0.2, -0.15) is 0 Å². The van der Waals surface area contributed by atoms with E-state index in [1.54, 1.807) is 6.07 Å². The Hall–Kier alpha value is -2.78. The molecule has 3 heteroatoms. The maximum absolute atomic E-state index is 11.1. The van der Waals surface area contributed by atoms with Crippen LogP contribution in [0.3, 0.4) is 0 Å². The van der Waals surface area contributed by atoms with Gasteiger partial charge in [-0.25, -0.2) is 4.98 Å². The highest BCUT2D eigenvalue weighted by Crippen LogP contribution is 2.29. The summed E-state index contributed by atoms with van der Waals surface area (Å²) >= 11 is 0. The van der Waals surface area contributed by atoms with Crippen molar-refractivity contribution in [2.75, 3.05) is 0 Å². The first-order valence-corrected chi connectivity index (χ1v) is 9.00. The summed E-state index contributed by atoms with van der Waals surface area (Å²) in [5.41, 5.74) is 5.62. The molecule has 0 saturated heterocycles. The number of nitrogens with zero attached hydrogens (tertiary/aromatic N) is 1. The van der Waals surface area contributed by atoms with Crippen LogP contribution in [0.2, 0.25) is 0 Å². The normalized spacial score (nSPS) is 13.0. The number of fused-ring (bicyclic) bond motifs is 1. The number of aldehydes is 1. The van der Waals surface area contributed by atoms with E-state index in [0.717, 1.165) is 35.0 Å². The largest absolute Gasteiger partial charge is 0.381 e. The molecule has 0 radical (unpaired) electrons. The second kappa shape index (κ2) is 8.07. The summed E-state index contributed by atoms with van der Waals surface area (Å²) in [5, 5.41) is 10.9. The minimum absolute atomic E-state index is 0.553. The number of aliphatic hydroxyl groups is 1. The second-order valence-electron chi connectivity index (χ2n) is 6.26. The van der Waals surface area contributed by atoms with Gasteiger partial charge in [0.15, 0.2) is 6.29 Å². The number of carbonyl (C=O) groups excluding carboxylic acids is 1. The molecule has 0 aliphatic rings. The van der Waals surface area contributed by atoms with Crippen LogP contribution < -0.4 is 0 Å². The van der Waals surface area contributed by atoms with Crippen LogP contribution in [0.15, 0.2) is 60.7 Å². The molecule has 0 spiro atoms. The monoisotopic (exact) mass is 345 g/mol. The van der Waals surface area contributed by atoms with Gasteiger partial charge in [0.1, 0.15) is 6.10 Å². The Balaban J connectivity index is 2.08. The van der Waals surface area contributed by atoms with Gasteiger partial charge in [0.2, 0.25) is 0 Å². The third-order valence-corrected chi connectivity index (χ3v) is 4.58. The molecule has 0 aliphatic carbocycles. The molecule has 1 aromatic heterocycles. The zero-order valence-corrected chi connectivity index (χ0v) is 15.1. The molecule has 26 heavy (non-hydrogen) atoms. The van der Waals surface area contributed by atoms with Crippen LogP contribution in [-0.2, 0) is 4.79 Å². The van der Waals surface area contributed by atoms with Gasteiger partial charge in [-0.15, -0.1) is 0 Å². The van der Waals surface area contributed by atoms with Crippen LogP contribution >= 0.6 is 0 Å². The molecule has 0 aliphatic heterocycles. The topological polar surface area (TPSA) is 50.2 Å². The molecule has 2 aromatic carbocycles. The van der Waals surface area contributed by atoms with E-state index in [-0.39, 0.29) is 0 Å². The van der Waals surface area contributed by atoms with E-state index < -0.39 is 6.10 Å². The lowest BCUT2D eigenvalue weighted by Crippen LogP contribution is -2.01. The first-order valence-electron chi connectivity index (χ1n) is 9.00. The Labute approximate surface area is 154 Å². The summed E-state index contributed by atoms with van der Waals surface area (Å²) < 4.78 is 0. The third kappa shape index (κ3) is 3.58. The van der Waals surface area contributed by atoms with Crippen molar-refractivity contribution in [3.05, 3.63) is 71.8 Å². The maximum Gasteiger partial charge on any atom is 0.153 e. The number of pyridine rings is 1. The molecule has 0 amide bonds. The van der Waals surface area contributed by atoms with Crippen molar-refractivity contribution in [1.82, 2.24) is 4.98 Å². The Morgan fingerprint density at radius 1 is 1.12 bits per heavy atom. The quantitative estimate of drug-likeness (QED) is 0.614. The standard InChI is InChI=1S/C23H23NO2/c1-3-7-16(4-2)17-10-12-18(13-11-17)22-14-20(23(26)15-25)19-8-5-6-9-21(19)24-22/h5-15,23,26H,3-4H2,1-2H3/b16-7-. The number of aromatic nitrogens is 1. The van der Waals surface area contributed by atoms with Gasteiger partial charge < -0.3 is 9.90 Å². The Bertz CT molecular complexity index is 942. The molecular weight excluding hydrogens is 322 g/mol. The first kappa shape index (κ1) is 18.0. The van der Waals surface area contributed by atoms with E-state index in [2.05, 4.69) is 32.1 Å². The molecular formula is C23H23NO2. The molecule has 1 unspecified atom stereocenters. The van der Waals surface area contributed by atoms with E-state index in [0.29, 0.717) is 11.8 Å². The summed E-state index contributed by atoms with van der Waals surface area (Å²) in [4.78, 5) is 15.8. The van der Waals surface area contributed by atoms with E-state index >= 15 is 0 Å². The molecule has 3 aromatic rings. The smallest absolute Gasteiger partial charge is 0.153 e. The van der Waals surface area contributed by atoms with E-state index in [1.807, 2.05) is 36.4 Å². The van der Waals surface area contributed by atoms with Crippen LogP contribution in [0.25, 0.3) is 27.7 Å². The minimum atomic E-state index is -1.15. The number of carbonyl (C=O) groups is 1. The molecule has 1 N–H and O–H groups in total. The molecule has 0 fully saturated rings. The van der Waals surface area contributed by atoms with Gasteiger partial charge in [-0.3, -0.25) is 0 Å². The predicted molar refractivity (Wildman–Crippen MR) is 107 cm³/mol. The van der Waals surface area contributed by atoms with Crippen molar-refractivity contribution in [2.24, 2.45) is 0 Å². The number of para-hydroxylation sites is 1.